The van der Waals surface area contributed by atoms with Crippen LogP contribution in [0.1, 0.15) is 5.56 Å². The van der Waals surface area contributed by atoms with E-state index in [0.717, 1.165) is 5.82 Å². The molecule has 0 spiro atoms. The van der Waals surface area contributed by atoms with Gasteiger partial charge in [0.05, 0.1) is 0 Å². The van der Waals surface area contributed by atoms with Crippen molar-refractivity contribution in [3.05, 3.63) is 23.9 Å². The Labute approximate surface area is 95.1 Å². The number of nitrogens with zero attached hydrogens (tertiary/aromatic N) is 2. The van der Waals surface area contributed by atoms with Crippen molar-refractivity contribution >= 4 is 11.8 Å². The molecule has 14 heavy (non-hydrogen) atoms. The number of aliphatic carboxylic acids is 1. The van der Waals surface area contributed by atoms with Gasteiger partial charge in [-0.05, 0) is 11.6 Å². The summed E-state index contributed by atoms with van der Waals surface area (Å²) in [5, 5.41) is 10.2. The number of carbonyl (C=O) groups is 1. The molecule has 1 heterocycles. The van der Waals surface area contributed by atoms with Gasteiger partial charge >= 0.3 is 18.9 Å². The molecule has 0 saturated carbocycles. The molecule has 5 heteroatoms. The Kier molecular flexibility index (Phi) is 5.29. The molecule has 0 bridgehead atoms. The van der Waals surface area contributed by atoms with Crippen molar-refractivity contribution in [1.82, 2.24) is 4.98 Å². The summed E-state index contributed by atoms with van der Waals surface area (Å²) in [4.78, 5) is 16.2. The predicted molar refractivity (Wildman–Crippen MR) is 47.3 cm³/mol. The fourth-order valence-corrected chi connectivity index (χ4v) is 0.952. The van der Waals surface area contributed by atoms with E-state index in [0.29, 0.717) is 5.56 Å². The molecule has 0 aliphatic rings. The van der Waals surface area contributed by atoms with Gasteiger partial charge in [0, 0.05) is 32.7 Å². The Hall–Kier alpha value is -0.983. The molecule has 0 N–H and O–H groups in total. The first kappa shape index (κ1) is 13.0. The number of anilines is 1. The number of carbonyl (C=O) groups excluding carboxylic acids is 1. The molecular formula is C9H11LiN2O2. The van der Waals surface area contributed by atoms with Crippen molar-refractivity contribution in [1.29, 1.82) is 0 Å². The molecule has 1 aromatic rings. The Morgan fingerprint density at radius 3 is 2.50 bits per heavy atom. The molecule has 0 aliphatic heterocycles. The van der Waals surface area contributed by atoms with Crippen LogP contribution in [0.4, 0.5) is 5.82 Å². The van der Waals surface area contributed by atoms with Gasteiger partial charge in [0.2, 0.25) is 0 Å². The van der Waals surface area contributed by atoms with Crippen LogP contribution in [0.25, 0.3) is 0 Å². The van der Waals surface area contributed by atoms with Crippen LogP contribution in [0.3, 0.4) is 0 Å². The van der Waals surface area contributed by atoms with E-state index in [1.165, 1.54) is 0 Å². The van der Waals surface area contributed by atoms with Gasteiger partial charge in [-0.15, -0.1) is 0 Å². The van der Waals surface area contributed by atoms with Gasteiger partial charge < -0.3 is 14.8 Å². The second kappa shape index (κ2) is 5.69. The first-order valence-corrected chi connectivity index (χ1v) is 3.91. The van der Waals surface area contributed by atoms with Crippen molar-refractivity contribution in [2.45, 2.75) is 6.42 Å². The van der Waals surface area contributed by atoms with E-state index in [2.05, 4.69) is 4.98 Å². The van der Waals surface area contributed by atoms with Crippen LogP contribution < -0.4 is 28.9 Å². The molecule has 4 nitrogen and oxygen atoms in total. The first-order valence-electron chi connectivity index (χ1n) is 3.91. The van der Waals surface area contributed by atoms with Crippen LogP contribution in [-0.4, -0.2) is 25.0 Å². The summed E-state index contributed by atoms with van der Waals surface area (Å²) < 4.78 is 0. The van der Waals surface area contributed by atoms with E-state index in [4.69, 9.17) is 0 Å². The Morgan fingerprint density at radius 2 is 2.14 bits per heavy atom. The number of carboxylic acids is 1. The fourth-order valence-electron chi connectivity index (χ4n) is 0.952. The minimum atomic E-state index is -1.08. The van der Waals surface area contributed by atoms with Crippen LogP contribution >= 0.6 is 0 Å². The molecule has 0 saturated heterocycles. The van der Waals surface area contributed by atoms with E-state index in [9.17, 15) is 9.90 Å². The maximum absolute atomic E-state index is 10.2. The van der Waals surface area contributed by atoms with Crippen molar-refractivity contribution in [2.24, 2.45) is 0 Å². The van der Waals surface area contributed by atoms with E-state index >= 15 is 0 Å². The third kappa shape index (κ3) is 3.82. The monoisotopic (exact) mass is 186 g/mol. The van der Waals surface area contributed by atoms with E-state index in [1.54, 1.807) is 18.3 Å². The van der Waals surface area contributed by atoms with Crippen molar-refractivity contribution in [2.75, 3.05) is 19.0 Å². The van der Waals surface area contributed by atoms with Gasteiger partial charge in [-0.25, -0.2) is 4.98 Å². The van der Waals surface area contributed by atoms with Crippen LogP contribution in [0.15, 0.2) is 18.3 Å². The van der Waals surface area contributed by atoms with Crippen molar-refractivity contribution < 1.29 is 28.8 Å². The zero-order valence-corrected chi connectivity index (χ0v) is 8.65. The molecule has 0 aliphatic carbocycles. The van der Waals surface area contributed by atoms with Crippen LogP contribution in [0, 0.1) is 0 Å². The zero-order valence-electron chi connectivity index (χ0n) is 8.65. The normalized spacial score (nSPS) is 9.00. The number of hydrogen-bond donors (Lipinski definition) is 0. The molecule has 0 radical (unpaired) electrons. The molecule has 0 aromatic carbocycles. The summed E-state index contributed by atoms with van der Waals surface area (Å²) in [6, 6.07) is 3.51. The Bertz CT molecular complexity index is 298. The molecule has 0 unspecified atom stereocenters. The zero-order chi connectivity index (χ0) is 9.84. The smallest absolute Gasteiger partial charge is 0.550 e. The molecule has 1 rings (SSSR count). The second-order valence-corrected chi connectivity index (χ2v) is 2.97. The van der Waals surface area contributed by atoms with E-state index in [1.807, 2.05) is 19.0 Å². The van der Waals surface area contributed by atoms with Gasteiger partial charge in [-0.1, -0.05) is 6.07 Å². The molecule has 70 valence electrons. The molecule has 0 fully saturated rings. The topological polar surface area (TPSA) is 56.3 Å². The summed E-state index contributed by atoms with van der Waals surface area (Å²) in [6.07, 6.45) is 1.46. The maximum atomic E-state index is 10.2. The summed E-state index contributed by atoms with van der Waals surface area (Å²) in [5.41, 5.74) is 0.658. The van der Waals surface area contributed by atoms with Gasteiger partial charge in [0.25, 0.3) is 0 Å². The number of pyridine rings is 1. The molecule has 0 amide bonds. The number of rotatable bonds is 3. The van der Waals surface area contributed by atoms with Gasteiger partial charge in [0.15, 0.2) is 0 Å². The average molecular weight is 186 g/mol. The summed E-state index contributed by atoms with van der Waals surface area (Å²) in [5.74, 6) is -0.276. The van der Waals surface area contributed by atoms with Crippen molar-refractivity contribution in [3.8, 4) is 0 Å². The van der Waals surface area contributed by atoms with Gasteiger partial charge in [-0.2, -0.15) is 0 Å². The molecular weight excluding hydrogens is 175 g/mol. The average Bonchev–Trinajstić information content (AvgIpc) is 2.04. The first-order chi connectivity index (χ1) is 6.09. The second-order valence-electron chi connectivity index (χ2n) is 2.97. The van der Waals surface area contributed by atoms with Gasteiger partial charge in [0.1, 0.15) is 5.82 Å². The number of carboxylic acid groups (broad SMARTS) is 1. The maximum Gasteiger partial charge on any atom is 1.00 e. The minimum absolute atomic E-state index is 0. The standard InChI is InChI=1S/C9H12N2O2.Li/c1-11(2)8-4-3-7(6-10-8)5-9(12)13;/h3-4,6H,5H2,1-2H3,(H,12,13);/q;+1/p-1. The fraction of sp³-hybridized carbons (Fsp3) is 0.333. The van der Waals surface area contributed by atoms with E-state index < -0.39 is 5.97 Å². The third-order valence-corrected chi connectivity index (χ3v) is 1.62. The number of hydrogen-bond acceptors (Lipinski definition) is 4. The Morgan fingerprint density at radius 1 is 1.50 bits per heavy atom. The van der Waals surface area contributed by atoms with Gasteiger partial charge in [-0.3, -0.25) is 0 Å². The van der Waals surface area contributed by atoms with Crippen molar-refractivity contribution in [3.63, 3.8) is 0 Å². The summed E-state index contributed by atoms with van der Waals surface area (Å²) in [7, 11) is 3.75. The minimum Gasteiger partial charge on any atom is -0.550 e. The predicted octanol–water partition coefficient (Wildman–Crippen LogP) is -3.56. The largest absolute Gasteiger partial charge is 1.00 e. The summed E-state index contributed by atoms with van der Waals surface area (Å²) >= 11 is 0. The van der Waals surface area contributed by atoms with E-state index in [-0.39, 0.29) is 25.3 Å². The third-order valence-electron chi connectivity index (χ3n) is 1.62. The van der Waals surface area contributed by atoms with Crippen LogP contribution in [0.5, 0.6) is 0 Å². The molecule has 0 atom stereocenters. The molecule has 1 aromatic heterocycles. The SMILES string of the molecule is CN(C)c1ccc(CC(=O)[O-])cn1.[Li+]. The number of aromatic nitrogens is 1. The Balaban J connectivity index is 0.00000169. The summed E-state index contributed by atoms with van der Waals surface area (Å²) in [6.45, 7) is 0. The van der Waals surface area contributed by atoms with Crippen LogP contribution in [0.2, 0.25) is 0 Å². The quantitative estimate of drug-likeness (QED) is 0.458. The van der Waals surface area contributed by atoms with Crippen LogP contribution in [-0.2, 0) is 11.2 Å².